The van der Waals surface area contributed by atoms with Gasteiger partial charge in [-0.2, -0.15) is 5.10 Å². The molecule has 0 saturated heterocycles. The van der Waals surface area contributed by atoms with Crippen LogP contribution in [-0.2, 0) is 11.3 Å². The van der Waals surface area contributed by atoms with Gasteiger partial charge in [0.25, 0.3) is 16.8 Å². The van der Waals surface area contributed by atoms with Crippen molar-refractivity contribution in [1.82, 2.24) is 19.4 Å². The molecular weight excluding hydrogens is 498 g/mol. The van der Waals surface area contributed by atoms with Crippen molar-refractivity contribution >= 4 is 52.3 Å². The Bertz CT molecular complexity index is 1560. The largest absolute Gasteiger partial charge is 0.477 e. The van der Waals surface area contributed by atoms with Crippen LogP contribution in [0.4, 0.5) is 17.1 Å². The van der Waals surface area contributed by atoms with Gasteiger partial charge in [0.1, 0.15) is 16.9 Å². The van der Waals surface area contributed by atoms with Gasteiger partial charge in [0.05, 0.1) is 13.3 Å². The zero-order valence-corrected chi connectivity index (χ0v) is 19.2. The monoisotopic (exact) mass is 515 g/mol. The highest BCUT2D eigenvalue weighted by atomic mass is 35.5. The summed E-state index contributed by atoms with van der Waals surface area (Å²) >= 11 is 5.40. The number of nitrogens with zero attached hydrogens (tertiary/aromatic N) is 3. The normalized spacial score (nSPS) is 10.5. The van der Waals surface area contributed by atoms with E-state index in [-0.39, 0.29) is 28.3 Å². The van der Waals surface area contributed by atoms with Crippen molar-refractivity contribution in [2.75, 3.05) is 18.2 Å². The summed E-state index contributed by atoms with van der Waals surface area (Å²) in [6.45, 7) is 0.498. The van der Waals surface area contributed by atoms with E-state index < -0.39 is 34.4 Å². The molecule has 0 radical (unpaired) electrons. The number of carbonyl (C=O) groups excluding carboxylic acids is 2. The van der Waals surface area contributed by atoms with Gasteiger partial charge in [-0.05, 0) is 29.5 Å². The van der Waals surface area contributed by atoms with Crippen molar-refractivity contribution in [3.63, 3.8) is 0 Å². The molecule has 0 spiro atoms. The Morgan fingerprint density at radius 2 is 1.92 bits per heavy atom. The molecule has 4 rings (SSSR count). The molecule has 14 nitrogen and oxygen atoms in total. The van der Waals surface area contributed by atoms with Gasteiger partial charge in [0, 0.05) is 18.3 Å². The number of anilines is 3. The van der Waals surface area contributed by atoms with Crippen LogP contribution in [-0.4, -0.2) is 44.7 Å². The van der Waals surface area contributed by atoms with Gasteiger partial charge in [-0.25, -0.2) is 23.9 Å². The Morgan fingerprint density at radius 1 is 1.19 bits per heavy atom. The number of rotatable bonds is 7. The number of methoxy groups -OCH3 is 1. The molecule has 15 heteroatoms. The van der Waals surface area contributed by atoms with E-state index in [0.29, 0.717) is 12.2 Å². The predicted octanol–water partition coefficient (Wildman–Crippen LogP) is 0.165. The van der Waals surface area contributed by atoms with Crippen LogP contribution in [0.3, 0.4) is 0 Å². The van der Waals surface area contributed by atoms with Gasteiger partial charge in [-0.3, -0.25) is 14.4 Å². The number of nitrogens with two attached hydrogens (primary N) is 2. The van der Waals surface area contributed by atoms with Gasteiger partial charge < -0.3 is 26.6 Å². The zero-order valence-electron chi connectivity index (χ0n) is 18.4. The van der Waals surface area contributed by atoms with Crippen molar-refractivity contribution in [3.05, 3.63) is 79.5 Å². The van der Waals surface area contributed by atoms with E-state index in [1.807, 2.05) is 18.2 Å². The molecule has 0 saturated carbocycles. The SMILES string of the molecule is COC(=O)c1cc(C(=O)O)nc2c(C(N)=O)cnn12.Nc1c(Nc2cccc(CNCl)c2)c(=O)c1=O. The standard InChI is InChI=1S/C11H10ClN3O2.C10H8N4O5/c12-14-5-6-2-1-3-7(4-6)15-9-8(13)10(16)11(9)17;1-19-10(18)6-2-5(9(16)17)13-8-4(7(11)15)3-12-14(6)8/h1-4,14-15H,5,13H2;2-3H,1H3,(H2,11,15)(H,16,17). The van der Waals surface area contributed by atoms with E-state index in [2.05, 4.69) is 25.0 Å². The first-order valence-electron chi connectivity index (χ1n) is 9.87. The Hall–Kier alpha value is -4.82. The summed E-state index contributed by atoms with van der Waals surface area (Å²) in [5.41, 5.74) is 10.3. The highest BCUT2D eigenvalue weighted by Crippen LogP contribution is 2.19. The minimum Gasteiger partial charge on any atom is -0.477 e. The van der Waals surface area contributed by atoms with Crippen LogP contribution >= 0.6 is 11.8 Å². The number of carboxylic acids is 1. The van der Waals surface area contributed by atoms with Crippen LogP contribution in [0.2, 0.25) is 0 Å². The molecule has 1 amide bonds. The lowest BCUT2D eigenvalue weighted by Crippen LogP contribution is -2.36. The molecular formula is C21H18ClN7O7. The van der Waals surface area contributed by atoms with Crippen LogP contribution in [0.1, 0.15) is 36.9 Å². The number of benzene rings is 1. The van der Waals surface area contributed by atoms with Gasteiger partial charge in [0.2, 0.25) is 0 Å². The molecule has 2 aromatic heterocycles. The van der Waals surface area contributed by atoms with E-state index >= 15 is 0 Å². The Labute approximate surface area is 206 Å². The predicted molar refractivity (Wildman–Crippen MR) is 128 cm³/mol. The lowest BCUT2D eigenvalue weighted by atomic mass is 10.1. The smallest absolute Gasteiger partial charge is 0.356 e. The lowest BCUT2D eigenvalue weighted by Gasteiger charge is -2.10. The van der Waals surface area contributed by atoms with Crippen LogP contribution in [0.25, 0.3) is 5.65 Å². The summed E-state index contributed by atoms with van der Waals surface area (Å²) in [5, 5.41) is 15.5. The maximum atomic E-state index is 11.6. The third-order valence-electron chi connectivity index (χ3n) is 4.77. The fourth-order valence-electron chi connectivity index (χ4n) is 3.01. The van der Waals surface area contributed by atoms with Crippen molar-refractivity contribution in [2.24, 2.45) is 5.73 Å². The fraction of sp³-hybridized carbons (Fsp3) is 0.0952. The number of ether oxygens (including phenoxy) is 1. The number of halogens is 1. The molecule has 2 heterocycles. The molecule has 0 aliphatic rings. The summed E-state index contributed by atoms with van der Waals surface area (Å²) < 4.78 is 5.51. The minimum atomic E-state index is -1.36. The first-order valence-corrected chi connectivity index (χ1v) is 10.2. The number of fused-ring (bicyclic) bond motifs is 1. The quantitative estimate of drug-likeness (QED) is 0.126. The second kappa shape index (κ2) is 10.6. The van der Waals surface area contributed by atoms with Gasteiger partial charge in [-0.1, -0.05) is 12.1 Å². The summed E-state index contributed by atoms with van der Waals surface area (Å²) in [4.78, 5) is 62.0. The fourth-order valence-corrected chi connectivity index (χ4v) is 3.16. The summed E-state index contributed by atoms with van der Waals surface area (Å²) in [6, 6.07) is 8.28. The number of aromatic carboxylic acids is 1. The maximum Gasteiger partial charge on any atom is 0.356 e. The van der Waals surface area contributed by atoms with Crippen LogP contribution in [0.5, 0.6) is 0 Å². The van der Waals surface area contributed by atoms with E-state index in [0.717, 1.165) is 29.5 Å². The molecule has 0 fully saturated rings. The number of carbonyl (C=O) groups is 3. The highest BCUT2D eigenvalue weighted by Gasteiger charge is 2.21. The second-order valence-electron chi connectivity index (χ2n) is 7.06. The van der Waals surface area contributed by atoms with Gasteiger partial charge >= 0.3 is 11.9 Å². The molecule has 0 atom stereocenters. The van der Waals surface area contributed by atoms with Crippen molar-refractivity contribution < 1.29 is 24.2 Å². The Balaban J connectivity index is 0.000000202. The first kappa shape index (κ1) is 25.8. The molecule has 0 bridgehead atoms. The highest BCUT2D eigenvalue weighted by molar-refractivity contribution is 6.13. The molecule has 4 aromatic rings. The summed E-state index contributed by atoms with van der Waals surface area (Å²) in [7, 11) is 1.13. The minimum absolute atomic E-state index is 0.0177. The lowest BCUT2D eigenvalue weighted by molar-refractivity contribution is 0.0590. The summed E-state index contributed by atoms with van der Waals surface area (Å²) in [6.07, 6.45) is 1.10. The van der Waals surface area contributed by atoms with Gasteiger partial charge in [-0.15, -0.1) is 0 Å². The second-order valence-corrected chi connectivity index (χ2v) is 7.33. The molecule has 2 aromatic carbocycles. The van der Waals surface area contributed by atoms with Crippen LogP contribution < -0.4 is 32.5 Å². The average molecular weight is 516 g/mol. The number of amides is 1. The number of carboxylic acid groups (broad SMARTS) is 1. The third kappa shape index (κ3) is 5.13. The number of esters is 1. The number of nitrogen functional groups attached to an aromatic ring is 1. The molecule has 0 aliphatic heterocycles. The Kier molecular flexibility index (Phi) is 7.61. The number of primary amides is 1. The van der Waals surface area contributed by atoms with E-state index in [4.69, 9.17) is 28.4 Å². The first-order chi connectivity index (χ1) is 17.1. The third-order valence-corrected chi connectivity index (χ3v) is 4.90. The molecule has 186 valence electrons. The van der Waals surface area contributed by atoms with E-state index in [9.17, 15) is 24.0 Å². The average Bonchev–Trinajstić information content (AvgIpc) is 3.31. The van der Waals surface area contributed by atoms with Crippen LogP contribution in [0.15, 0.2) is 46.1 Å². The number of nitrogens with one attached hydrogen (secondary N) is 2. The number of hydrogen-bond donors (Lipinski definition) is 5. The van der Waals surface area contributed by atoms with Crippen LogP contribution in [0, 0.1) is 0 Å². The Morgan fingerprint density at radius 3 is 2.50 bits per heavy atom. The summed E-state index contributed by atoms with van der Waals surface area (Å²) in [5.74, 6) is -3.00. The van der Waals surface area contributed by atoms with Crippen molar-refractivity contribution in [3.8, 4) is 0 Å². The van der Waals surface area contributed by atoms with Crippen molar-refractivity contribution in [2.45, 2.75) is 6.54 Å². The zero-order chi connectivity index (χ0) is 26.6. The molecule has 0 unspecified atom stereocenters. The topological polar surface area (TPSA) is 221 Å². The van der Waals surface area contributed by atoms with Crippen molar-refractivity contribution in [1.29, 1.82) is 0 Å². The van der Waals surface area contributed by atoms with Gasteiger partial charge in [0.15, 0.2) is 17.0 Å². The maximum absolute atomic E-state index is 11.6. The molecule has 36 heavy (non-hydrogen) atoms. The van der Waals surface area contributed by atoms with E-state index in [1.54, 1.807) is 6.07 Å². The molecule has 7 N–H and O–H groups in total. The number of aromatic nitrogens is 3. The number of hydrogen-bond acceptors (Lipinski definition) is 11. The van der Waals surface area contributed by atoms with E-state index in [1.165, 1.54) is 0 Å². The molecule has 0 aliphatic carbocycles.